The molecule has 2 unspecified atom stereocenters. The number of pyridine rings is 2. The Hall–Kier alpha value is -6.17. The molecule has 18 heteroatoms. The van der Waals surface area contributed by atoms with Crippen LogP contribution < -0.4 is 31.7 Å². The molecule has 1 saturated heterocycles. The second-order valence-corrected chi connectivity index (χ2v) is 17.8. The minimum Gasteiger partial charge on any atom is -0.385 e. The molecule has 15 nitrogen and oxygen atoms in total. The number of nitrogens with zero attached hydrogens (tertiary/aromatic N) is 4. The molecule has 1 fully saturated rings. The number of rotatable bonds is 13. The Bertz CT molecular complexity index is 2620. The van der Waals surface area contributed by atoms with Gasteiger partial charge in [-0.1, -0.05) is 18.9 Å². The number of aryl methyl sites for hydroxylation is 1. The fraction of sp³-hybridized carbons (Fsp3) is 0.381. The lowest BCUT2D eigenvalue weighted by Crippen LogP contribution is -2.52. The van der Waals surface area contributed by atoms with Gasteiger partial charge in [0.25, 0.3) is 17.4 Å². The van der Waals surface area contributed by atoms with Crippen molar-refractivity contribution in [3.8, 4) is 0 Å². The van der Waals surface area contributed by atoms with E-state index < -0.39 is 56.7 Å². The number of benzene rings is 1. The van der Waals surface area contributed by atoms with Crippen molar-refractivity contribution in [2.75, 3.05) is 41.9 Å². The fourth-order valence-corrected chi connectivity index (χ4v) is 9.64. The molecule has 4 N–H and O–H groups in total. The van der Waals surface area contributed by atoms with Crippen molar-refractivity contribution in [1.82, 2.24) is 30.4 Å². The molecule has 0 radical (unpaired) electrons. The predicted molar refractivity (Wildman–Crippen MR) is 219 cm³/mol. The zero-order chi connectivity index (χ0) is 42.5. The van der Waals surface area contributed by atoms with E-state index in [2.05, 4.69) is 26.3 Å². The van der Waals surface area contributed by atoms with Crippen molar-refractivity contribution in [1.29, 1.82) is 0 Å². The summed E-state index contributed by atoms with van der Waals surface area (Å²) >= 11 is 0. The topological polar surface area (TPSA) is 192 Å². The van der Waals surface area contributed by atoms with Gasteiger partial charge in [-0.2, -0.15) is 0 Å². The Balaban J connectivity index is 0.970. The standard InChI is InChI=1S/C42H44F2N8O7S/c1-50-17-13-24-28(22-60(2,58)59)34(27-21-51(38-29(44)18-23(43)19-48-38)31-12-16-46-37(35(27)31)36(24)42(50)57)40(55)47-15-6-4-3-5-14-45-30-9-7-8-25-26(30)20-52(41(25)56)32-10-11-33(53)49-39(32)54/h7-9,13,17-19,21,31-32,45-46H,3-6,10-12,14-16,20,22H2,1-2H3,(H,47,55)(H,49,53,54). The van der Waals surface area contributed by atoms with Crippen LogP contribution >= 0.6 is 0 Å². The van der Waals surface area contributed by atoms with E-state index in [9.17, 15) is 36.8 Å². The van der Waals surface area contributed by atoms with Gasteiger partial charge in [-0.25, -0.2) is 22.2 Å². The van der Waals surface area contributed by atoms with Gasteiger partial charge in [0.15, 0.2) is 21.5 Å². The van der Waals surface area contributed by atoms with Crippen molar-refractivity contribution < 1.29 is 36.4 Å². The molecule has 8 rings (SSSR count). The molecule has 60 heavy (non-hydrogen) atoms. The highest BCUT2D eigenvalue weighted by atomic mass is 32.2. The summed E-state index contributed by atoms with van der Waals surface area (Å²) in [6, 6.07) is 6.47. The Morgan fingerprint density at radius 1 is 1.00 bits per heavy atom. The van der Waals surface area contributed by atoms with Crippen LogP contribution in [-0.4, -0.2) is 90.2 Å². The smallest absolute Gasteiger partial charge is 0.260 e. The highest BCUT2D eigenvalue weighted by molar-refractivity contribution is 7.91. The third kappa shape index (κ3) is 7.59. The minimum absolute atomic E-state index is 0.0490. The van der Waals surface area contributed by atoms with E-state index in [-0.39, 0.29) is 60.3 Å². The highest BCUT2D eigenvalue weighted by Crippen LogP contribution is 2.47. The van der Waals surface area contributed by atoms with E-state index in [1.807, 2.05) is 6.07 Å². The molecule has 0 spiro atoms. The van der Waals surface area contributed by atoms with Crippen LogP contribution in [0.3, 0.4) is 0 Å². The van der Waals surface area contributed by atoms with Gasteiger partial charge >= 0.3 is 0 Å². The summed E-state index contributed by atoms with van der Waals surface area (Å²) in [5.41, 5.74) is 3.68. The SMILES string of the molecule is Cn1ccc2c(c1=O)C1=C3C(=CN(c4ncc(F)cc4F)C3CCN1)C(C(=O)NCCCCCCNc1cccc3c1CN(C1CCC(=O)NC1=O)C3=O)=C2CS(C)(=O)=O. The molecule has 6 heterocycles. The maximum absolute atomic E-state index is 15.3. The Morgan fingerprint density at radius 3 is 2.53 bits per heavy atom. The molecule has 314 valence electrons. The number of halogens is 2. The zero-order valence-corrected chi connectivity index (χ0v) is 33.9. The van der Waals surface area contributed by atoms with Crippen LogP contribution in [0, 0.1) is 11.6 Å². The number of anilines is 2. The minimum atomic E-state index is -3.77. The summed E-state index contributed by atoms with van der Waals surface area (Å²) in [7, 11) is -2.19. The van der Waals surface area contributed by atoms with Crippen LogP contribution in [-0.2, 0) is 37.8 Å². The summed E-state index contributed by atoms with van der Waals surface area (Å²) in [5.74, 6) is -4.10. The molecule has 2 atom stereocenters. The summed E-state index contributed by atoms with van der Waals surface area (Å²) in [4.78, 5) is 72.7. The molecular formula is C42H44F2N8O7S. The van der Waals surface area contributed by atoms with Gasteiger partial charge in [-0.05, 0) is 55.0 Å². The maximum atomic E-state index is 15.3. The number of unbranched alkanes of at least 4 members (excludes halogenated alkanes) is 3. The van der Waals surface area contributed by atoms with Gasteiger partial charge < -0.3 is 30.3 Å². The van der Waals surface area contributed by atoms with Crippen molar-refractivity contribution in [2.24, 2.45) is 7.05 Å². The van der Waals surface area contributed by atoms with Crippen LogP contribution in [0.15, 0.2) is 70.4 Å². The number of carbonyl (C=O) groups excluding carboxylic acids is 4. The number of carbonyl (C=O) groups is 4. The van der Waals surface area contributed by atoms with E-state index in [0.717, 1.165) is 49.0 Å². The van der Waals surface area contributed by atoms with Crippen LogP contribution in [0.5, 0.6) is 0 Å². The number of hydrogen-bond donors (Lipinski definition) is 4. The molecule has 1 aromatic carbocycles. The van der Waals surface area contributed by atoms with Gasteiger partial charge in [0.1, 0.15) is 11.9 Å². The van der Waals surface area contributed by atoms with Gasteiger partial charge in [-0.15, -0.1) is 0 Å². The second-order valence-electron chi connectivity index (χ2n) is 15.7. The lowest BCUT2D eigenvalue weighted by atomic mass is 9.89. The monoisotopic (exact) mass is 842 g/mol. The Morgan fingerprint density at radius 2 is 1.78 bits per heavy atom. The third-order valence-electron chi connectivity index (χ3n) is 11.6. The largest absolute Gasteiger partial charge is 0.385 e. The third-order valence-corrected chi connectivity index (χ3v) is 12.4. The van der Waals surface area contributed by atoms with E-state index in [0.29, 0.717) is 53.9 Å². The summed E-state index contributed by atoms with van der Waals surface area (Å²) < 4.78 is 56.7. The molecule has 4 amide bonds. The maximum Gasteiger partial charge on any atom is 0.260 e. The molecule has 2 aromatic heterocycles. The normalized spacial score (nSPS) is 19.7. The van der Waals surface area contributed by atoms with Gasteiger partial charge in [-0.3, -0.25) is 29.3 Å². The van der Waals surface area contributed by atoms with Crippen molar-refractivity contribution >= 4 is 56.2 Å². The molecule has 4 aliphatic heterocycles. The Kier molecular flexibility index (Phi) is 10.9. The highest BCUT2D eigenvalue weighted by Gasteiger charge is 2.44. The number of nitrogens with one attached hydrogen (secondary N) is 4. The molecule has 1 aliphatic carbocycles. The Labute approximate surface area is 344 Å². The quantitative estimate of drug-likeness (QED) is 0.146. The summed E-state index contributed by atoms with van der Waals surface area (Å²) in [6.07, 6.45) is 8.83. The molecule has 0 bridgehead atoms. The second kappa shape index (κ2) is 16.1. The first kappa shape index (κ1) is 40.6. The fourth-order valence-electron chi connectivity index (χ4n) is 8.82. The van der Waals surface area contributed by atoms with Crippen LogP contribution in [0.25, 0.3) is 11.3 Å². The first-order valence-electron chi connectivity index (χ1n) is 19.9. The molecule has 3 aromatic rings. The number of hydrogen-bond acceptors (Lipinski definition) is 11. The van der Waals surface area contributed by atoms with E-state index in [4.69, 9.17) is 0 Å². The molecule has 0 saturated carbocycles. The van der Waals surface area contributed by atoms with E-state index in [1.54, 1.807) is 31.4 Å². The number of fused-ring (bicyclic) bond motifs is 3. The first-order chi connectivity index (χ1) is 28.7. The predicted octanol–water partition coefficient (Wildman–Crippen LogP) is 2.90. The van der Waals surface area contributed by atoms with Crippen LogP contribution in [0.1, 0.15) is 72.0 Å². The van der Waals surface area contributed by atoms with E-state index >= 15 is 4.39 Å². The number of aromatic nitrogens is 2. The number of sulfone groups is 1. The van der Waals surface area contributed by atoms with Gasteiger partial charge in [0, 0.05) is 92.3 Å². The molecule has 5 aliphatic rings. The summed E-state index contributed by atoms with van der Waals surface area (Å²) in [5, 5.41) is 12.0. The van der Waals surface area contributed by atoms with Crippen molar-refractivity contribution in [3.63, 3.8) is 0 Å². The van der Waals surface area contributed by atoms with Crippen molar-refractivity contribution in [3.05, 3.63) is 110 Å². The average molecular weight is 843 g/mol. The van der Waals surface area contributed by atoms with Gasteiger partial charge in [0.05, 0.1) is 34.8 Å². The summed E-state index contributed by atoms with van der Waals surface area (Å²) in [6.45, 7) is 1.50. The average Bonchev–Trinajstić information content (AvgIpc) is 3.70. The number of imide groups is 1. The lowest BCUT2D eigenvalue weighted by molar-refractivity contribution is -0.137. The van der Waals surface area contributed by atoms with Crippen molar-refractivity contribution in [2.45, 2.75) is 63.6 Å². The number of piperidine rings is 1. The zero-order valence-electron chi connectivity index (χ0n) is 33.1. The van der Waals surface area contributed by atoms with Crippen LogP contribution in [0.2, 0.25) is 0 Å². The number of amides is 4. The molecular weight excluding hydrogens is 799 g/mol. The first-order valence-corrected chi connectivity index (χ1v) is 22.0. The lowest BCUT2D eigenvalue weighted by Gasteiger charge is -2.32. The van der Waals surface area contributed by atoms with Gasteiger partial charge in [0.2, 0.25) is 11.8 Å². The van der Waals surface area contributed by atoms with E-state index in [1.165, 1.54) is 20.6 Å². The van der Waals surface area contributed by atoms with Crippen LogP contribution in [0.4, 0.5) is 20.3 Å².